The second-order valence-corrected chi connectivity index (χ2v) is 6.43. The third-order valence-electron chi connectivity index (χ3n) is 4.09. The lowest BCUT2D eigenvalue weighted by atomic mass is 10.2. The molecule has 0 aliphatic heterocycles. The van der Waals surface area contributed by atoms with Crippen LogP contribution in [0, 0.1) is 0 Å². The largest absolute Gasteiger partial charge is 0.367 e. The van der Waals surface area contributed by atoms with Gasteiger partial charge < -0.3 is 10.2 Å². The standard InChI is InChI=1S/C18H28ClN5/c1-3-5-12-24(13-6-4-2)14-8-11-21-18-16-15(9-7-10-20-16)17(19)22-23-18/h7,9-10H,3-6,8,11-14H2,1-2H3,(H,21,23). The molecule has 0 amide bonds. The Balaban J connectivity index is 1.86. The van der Waals surface area contributed by atoms with Crippen molar-refractivity contribution in [3.8, 4) is 0 Å². The van der Waals surface area contributed by atoms with E-state index in [1.807, 2.05) is 12.1 Å². The van der Waals surface area contributed by atoms with E-state index < -0.39 is 0 Å². The maximum atomic E-state index is 6.08. The Kier molecular flexibility index (Phi) is 8.19. The molecule has 0 bridgehead atoms. The van der Waals surface area contributed by atoms with Crippen molar-refractivity contribution >= 4 is 28.3 Å². The summed E-state index contributed by atoms with van der Waals surface area (Å²) in [6.07, 6.45) is 7.87. The first-order valence-electron chi connectivity index (χ1n) is 8.99. The number of halogens is 1. The minimum atomic E-state index is 0.397. The zero-order valence-corrected chi connectivity index (χ0v) is 15.5. The van der Waals surface area contributed by atoms with E-state index in [-0.39, 0.29) is 0 Å². The predicted octanol–water partition coefficient (Wildman–Crippen LogP) is 4.38. The number of anilines is 1. The average Bonchev–Trinajstić information content (AvgIpc) is 2.62. The van der Waals surface area contributed by atoms with Gasteiger partial charge in [0, 0.05) is 18.1 Å². The molecule has 0 aromatic carbocycles. The first-order valence-corrected chi connectivity index (χ1v) is 9.37. The van der Waals surface area contributed by atoms with Gasteiger partial charge >= 0.3 is 0 Å². The van der Waals surface area contributed by atoms with Crippen molar-refractivity contribution in [2.75, 3.05) is 31.5 Å². The molecule has 2 rings (SSSR count). The van der Waals surface area contributed by atoms with Gasteiger partial charge in [-0.25, -0.2) is 0 Å². The molecule has 5 nitrogen and oxygen atoms in total. The van der Waals surface area contributed by atoms with Gasteiger partial charge in [0.05, 0.1) is 0 Å². The molecule has 1 N–H and O–H groups in total. The molecule has 0 fully saturated rings. The highest BCUT2D eigenvalue weighted by Gasteiger charge is 2.09. The molecule has 0 spiro atoms. The number of hydrogen-bond donors (Lipinski definition) is 1. The van der Waals surface area contributed by atoms with Crippen molar-refractivity contribution in [1.29, 1.82) is 0 Å². The maximum Gasteiger partial charge on any atom is 0.175 e. The molecule has 2 heterocycles. The summed E-state index contributed by atoms with van der Waals surface area (Å²) < 4.78 is 0. The Bertz CT molecular complexity index is 611. The van der Waals surface area contributed by atoms with Crippen molar-refractivity contribution < 1.29 is 0 Å². The van der Waals surface area contributed by atoms with Gasteiger partial charge in [0.25, 0.3) is 0 Å². The fourth-order valence-corrected chi connectivity index (χ4v) is 2.87. The van der Waals surface area contributed by atoms with E-state index in [0.29, 0.717) is 11.0 Å². The number of fused-ring (bicyclic) bond motifs is 1. The fraction of sp³-hybridized carbons (Fsp3) is 0.611. The predicted molar refractivity (Wildman–Crippen MR) is 102 cm³/mol. The maximum absolute atomic E-state index is 6.08. The molecule has 0 radical (unpaired) electrons. The van der Waals surface area contributed by atoms with Gasteiger partial charge in [-0.05, 0) is 51.0 Å². The number of aromatic nitrogens is 3. The number of pyridine rings is 1. The molecule has 6 heteroatoms. The van der Waals surface area contributed by atoms with Crippen molar-refractivity contribution in [3.05, 3.63) is 23.5 Å². The molecule has 0 saturated carbocycles. The highest BCUT2D eigenvalue weighted by Crippen LogP contribution is 2.23. The van der Waals surface area contributed by atoms with Gasteiger partial charge in [-0.2, -0.15) is 0 Å². The highest BCUT2D eigenvalue weighted by molar-refractivity contribution is 6.34. The molecule has 0 aliphatic rings. The van der Waals surface area contributed by atoms with E-state index in [1.165, 1.54) is 38.8 Å². The van der Waals surface area contributed by atoms with E-state index in [2.05, 4.69) is 39.2 Å². The van der Waals surface area contributed by atoms with Gasteiger partial charge in [-0.3, -0.25) is 4.98 Å². The van der Waals surface area contributed by atoms with Crippen LogP contribution in [-0.2, 0) is 0 Å². The monoisotopic (exact) mass is 349 g/mol. The van der Waals surface area contributed by atoms with Crippen LogP contribution in [0.4, 0.5) is 5.82 Å². The lowest BCUT2D eigenvalue weighted by Crippen LogP contribution is -2.28. The van der Waals surface area contributed by atoms with E-state index in [1.54, 1.807) is 6.20 Å². The fourth-order valence-electron chi connectivity index (χ4n) is 2.68. The SMILES string of the molecule is CCCCN(CCCC)CCCNc1nnc(Cl)c2cccnc12. The first kappa shape index (κ1) is 18.9. The molecule has 0 aliphatic carbocycles. The van der Waals surface area contributed by atoms with Crippen LogP contribution in [0.15, 0.2) is 18.3 Å². The Hall–Kier alpha value is -1.46. The molecular weight excluding hydrogens is 322 g/mol. The number of rotatable bonds is 11. The Morgan fingerprint density at radius 1 is 1.04 bits per heavy atom. The minimum Gasteiger partial charge on any atom is -0.367 e. The summed E-state index contributed by atoms with van der Waals surface area (Å²) >= 11 is 6.08. The highest BCUT2D eigenvalue weighted by atomic mass is 35.5. The van der Waals surface area contributed by atoms with Crippen LogP contribution in [0.1, 0.15) is 46.0 Å². The summed E-state index contributed by atoms with van der Waals surface area (Å²) in [5.74, 6) is 0.712. The molecule has 132 valence electrons. The summed E-state index contributed by atoms with van der Waals surface area (Å²) in [5, 5.41) is 12.8. The third-order valence-corrected chi connectivity index (χ3v) is 4.37. The second kappa shape index (κ2) is 10.4. The Labute approximate surface area is 149 Å². The zero-order valence-electron chi connectivity index (χ0n) is 14.8. The molecule has 0 atom stereocenters. The lowest BCUT2D eigenvalue weighted by Gasteiger charge is -2.22. The van der Waals surface area contributed by atoms with Gasteiger partial charge in [0.15, 0.2) is 11.0 Å². The van der Waals surface area contributed by atoms with Crippen LogP contribution >= 0.6 is 11.6 Å². The van der Waals surface area contributed by atoms with Gasteiger partial charge in [-0.1, -0.05) is 38.3 Å². The number of hydrogen-bond acceptors (Lipinski definition) is 5. The normalized spacial score (nSPS) is 11.3. The molecule has 2 aromatic rings. The van der Waals surface area contributed by atoms with Crippen LogP contribution in [0.2, 0.25) is 5.15 Å². The lowest BCUT2D eigenvalue weighted by molar-refractivity contribution is 0.264. The van der Waals surface area contributed by atoms with E-state index in [4.69, 9.17) is 11.6 Å². The summed E-state index contributed by atoms with van der Waals surface area (Å²) in [7, 11) is 0. The second-order valence-electron chi connectivity index (χ2n) is 6.07. The smallest absolute Gasteiger partial charge is 0.175 e. The van der Waals surface area contributed by atoms with Crippen LogP contribution in [-0.4, -0.2) is 46.3 Å². The molecular formula is C18H28ClN5. The summed E-state index contributed by atoms with van der Waals surface area (Å²) in [6.45, 7) is 8.85. The topological polar surface area (TPSA) is 53.9 Å². The summed E-state index contributed by atoms with van der Waals surface area (Å²) in [6, 6.07) is 3.78. The van der Waals surface area contributed by atoms with Crippen LogP contribution in [0.3, 0.4) is 0 Å². The quantitative estimate of drug-likeness (QED) is 0.610. The van der Waals surface area contributed by atoms with Gasteiger partial charge in [0.1, 0.15) is 5.52 Å². The van der Waals surface area contributed by atoms with Crippen LogP contribution < -0.4 is 5.32 Å². The van der Waals surface area contributed by atoms with Crippen LogP contribution in [0.5, 0.6) is 0 Å². The molecule has 24 heavy (non-hydrogen) atoms. The molecule has 0 unspecified atom stereocenters. The van der Waals surface area contributed by atoms with Gasteiger partial charge in [-0.15, -0.1) is 10.2 Å². The Morgan fingerprint density at radius 3 is 2.46 bits per heavy atom. The van der Waals surface area contributed by atoms with E-state index in [0.717, 1.165) is 30.4 Å². The van der Waals surface area contributed by atoms with E-state index in [9.17, 15) is 0 Å². The zero-order chi connectivity index (χ0) is 17.2. The summed E-state index contributed by atoms with van der Waals surface area (Å²) in [4.78, 5) is 6.95. The van der Waals surface area contributed by atoms with Crippen molar-refractivity contribution in [2.45, 2.75) is 46.0 Å². The van der Waals surface area contributed by atoms with Crippen molar-refractivity contribution in [1.82, 2.24) is 20.1 Å². The van der Waals surface area contributed by atoms with Gasteiger partial charge in [0.2, 0.25) is 0 Å². The molecule has 2 aromatic heterocycles. The minimum absolute atomic E-state index is 0.397. The van der Waals surface area contributed by atoms with Crippen LogP contribution in [0.25, 0.3) is 10.9 Å². The number of nitrogens with zero attached hydrogens (tertiary/aromatic N) is 4. The number of unbranched alkanes of at least 4 members (excludes halogenated alkanes) is 2. The average molecular weight is 350 g/mol. The van der Waals surface area contributed by atoms with E-state index >= 15 is 0 Å². The summed E-state index contributed by atoms with van der Waals surface area (Å²) in [5.41, 5.74) is 0.784. The van der Waals surface area contributed by atoms with Crippen molar-refractivity contribution in [3.63, 3.8) is 0 Å². The third kappa shape index (κ3) is 5.56. The number of nitrogens with one attached hydrogen (secondary N) is 1. The van der Waals surface area contributed by atoms with Crippen molar-refractivity contribution in [2.24, 2.45) is 0 Å². The first-order chi connectivity index (χ1) is 11.8. The molecule has 0 saturated heterocycles. The Morgan fingerprint density at radius 2 is 1.75 bits per heavy atom.